The van der Waals surface area contributed by atoms with E-state index in [4.69, 9.17) is 9.15 Å². The van der Waals surface area contributed by atoms with Gasteiger partial charge in [-0.25, -0.2) is 8.42 Å². The van der Waals surface area contributed by atoms with Crippen molar-refractivity contribution in [2.45, 2.75) is 32.3 Å². The molecule has 0 aliphatic rings. The molecule has 1 aromatic rings. The summed E-state index contributed by atoms with van der Waals surface area (Å²) in [4.78, 5) is 0.0745. The molecule has 7 heteroatoms. The number of nitrogens with zero attached hydrogens (tertiary/aromatic N) is 1. The van der Waals surface area contributed by atoms with Crippen LogP contribution < -0.4 is 0 Å². The highest BCUT2D eigenvalue weighted by atomic mass is 32.2. The van der Waals surface area contributed by atoms with Crippen molar-refractivity contribution in [3.8, 4) is 0 Å². The Kier molecular flexibility index (Phi) is 5.54. The number of aliphatic hydroxyl groups excluding tert-OH is 1. The van der Waals surface area contributed by atoms with Crippen LogP contribution in [-0.4, -0.2) is 44.6 Å². The quantitative estimate of drug-likeness (QED) is 0.812. The van der Waals surface area contributed by atoms with Crippen molar-refractivity contribution in [2.75, 3.05) is 26.8 Å². The maximum Gasteiger partial charge on any atom is 0.246 e. The standard InChI is InChI=1S/C12H21NO5S/c1-5-13(6-7-17-4)19(15,16)12-10(3)18-9(2)11(12)8-14/h14H,5-8H2,1-4H3. The molecule has 0 amide bonds. The predicted octanol–water partition coefficient (Wildman–Crippen LogP) is 1.05. The van der Waals surface area contributed by atoms with E-state index in [1.165, 1.54) is 11.4 Å². The molecule has 110 valence electrons. The van der Waals surface area contributed by atoms with E-state index < -0.39 is 10.0 Å². The van der Waals surface area contributed by atoms with Crippen LogP contribution in [0.5, 0.6) is 0 Å². The van der Waals surface area contributed by atoms with Crippen LogP contribution in [0.4, 0.5) is 0 Å². The van der Waals surface area contributed by atoms with Gasteiger partial charge in [-0.15, -0.1) is 0 Å². The van der Waals surface area contributed by atoms with Crippen LogP contribution in [0.3, 0.4) is 0 Å². The second-order valence-electron chi connectivity index (χ2n) is 4.17. The van der Waals surface area contributed by atoms with Gasteiger partial charge < -0.3 is 14.3 Å². The fourth-order valence-electron chi connectivity index (χ4n) is 2.00. The number of methoxy groups -OCH3 is 1. The average molecular weight is 291 g/mol. The van der Waals surface area contributed by atoms with Gasteiger partial charge in [-0.1, -0.05) is 6.92 Å². The number of aliphatic hydroxyl groups is 1. The van der Waals surface area contributed by atoms with Crippen molar-refractivity contribution >= 4 is 10.0 Å². The molecule has 0 aliphatic carbocycles. The smallest absolute Gasteiger partial charge is 0.246 e. The molecular formula is C12H21NO5S. The topological polar surface area (TPSA) is 80.0 Å². The van der Waals surface area contributed by atoms with E-state index in [1.54, 1.807) is 20.8 Å². The van der Waals surface area contributed by atoms with Gasteiger partial charge in [0.25, 0.3) is 0 Å². The molecule has 19 heavy (non-hydrogen) atoms. The molecule has 0 aliphatic heterocycles. The van der Waals surface area contributed by atoms with Gasteiger partial charge in [-0.3, -0.25) is 0 Å². The highest BCUT2D eigenvalue weighted by molar-refractivity contribution is 7.89. The summed E-state index contributed by atoms with van der Waals surface area (Å²) in [6.07, 6.45) is 0. The first kappa shape index (κ1) is 16.2. The lowest BCUT2D eigenvalue weighted by atomic mass is 10.2. The molecule has 1 N–H and O–H groups in total. The Labute approximate surface area is 114 Å². The van der Waals surface area contributed by atoms with Gasteiger partial charge in [0.1, 0.15) is 16.4 Å². The summed E-state index contributed by atoms with van der Waals surface area (Å²) in [5, 5.41) is 9.34. The van der Waals surface area contributed by atoms with Crippen molar-refractivity contribution in [3.63, 3.8) is 0 Å². The van der Waals surface area contributed by atoms with Crippen molar-refractivity contribution in [1.82, 2.24) is 4.31 Å². The molecular weight excluding hydrogens is 270 g/mol. The third kappa shape index (κ3) is 3.17. The van der Waals surface area contributed by atoms with Crippen LogP contribution in [0.15, 0.2) is 9.31 Å². The molecule has 0 unspecified atom stereocenters. The Morgan fingerprint density at radius 1 is 1.32 bits per heavy atom. The van der Waals surface area contributed by atoms with Gasteiger partial charge in [0.15, 0.2) is 0 Å². The molecule has 0 saturated carbocycles. The molecule has 1 rings (SSSR count). The lowest BCUT2D eigenvalue weighted by Crippen LogP contribution is -2.34. The third-order valence-corrected chi connectivity index (χ3v) is 5.15. The molecule has 1 aromatic heterocycles. The zero-order valence-electron chi connectivity index (χ0n) is 11.8. The monoisotopic (exact) mass is 291 g/mol. The van der Waals surface area contributed by atoms with Gasteiger partial charge in [-0.05, 0) is 13.8 Å². The number of sulfonamides is 1. The maximum atomic E-state index is 12.6. The number of hydrogen-bond acceptors (Lipinski definition) is 5. The molecule has 0 aromatic carbocycles. The summed E-state index contributed by atoms with van der Waals surface area (Å²) >= 11 is 0. The molecule has 1 heterocycles. The van der Waals surface area contributed by atoms with Crippen LogP contribution >= 0.6 is 0 Å². The molecule has 6 nitrogen and oxygen atoms in total. The van der Waals surface area contributed by atoms with E-state index in [2.05, 4.69) is 0 Å². The lowest BCUT2D eigenvalue weighted by molar-refractivity contribution is 0.180. The van der Waals surface area contributed by atoms with Crippen LogP contribution in [0.1, 0.15) is 24.0 Å². The second-order valence-corrected chi connectivity index (χ2v) is 6.04. The first-order valence-corrected chi connectivity index (χ1v) is 7.52. The Morgan fingerprint density at radius 2 is 1.95 bits per heavy atom. The third-order valence-electron chi connectivity index (χ3n) is 2.98. The summed E-state index contributed by atoms with van der Waals surface area (Å²) in [6.45, 7) is 5.54. The Bertz CT molecular complexity index is 520. The van der Waals surface area contributed by atoms with Crippen LogP contribution in [0.25, 0.3) is 0 Å². The van der Waals surface area contributed by atoms with Gasteiger partial charge in [0, 0.05) is 25.8 Å². The highest BCUT2D eigenvalue weighted by Gasteiger charge is 2.31. The van der Waals surface area contributed by atoms with Crippen LogP contribution in [-0.2, 0) is 21.4 Å². The van der Waals surface area contributed by atoms with E-state index >= 15 is 0 Å². The van der Waals surface area contributed by atoms with Crippen molar-refractivity contribution < 1.29 is 22.7 Å². The summed E-state index contributed by atoms with van der Waals surface area (Å²) in [6, 6.07) is 0. The second kappa shape index (κ2) is 6.51. The molecule has 0 fully saturated rings. The van der Waals surface area contributed by atoms with E-state index in [9.17, 15) is 13.5 Å². The van der Waals surface area contributed by atoms with Crippen molar-refractivity contribution in [1.29, 1.82) is 0 Å². The first-order chi connectivity index (χ1) is 8.89. The normalized spacial score (nSPS) is 12.3. The van der Waals surface area contributed by atoms with Crippen LogP contribution in [0, 0.1) is 13.8 Å². The van der Waals surface area contributed by atoms with Gasteiger partial charge in [-0.2, -0.15) is 4.31 Å². The van der Waals surface area contributed by atoms with Gasteiger partial charge in [0.05, 0.1) is 13.2 Å². The number of ether oxygens (including phenoxy) is 1. The van der Waals surface area contributed by atoms with Gasteiger partial charge in [0.2, 0.25) is 10.0 Å². The molecule has 0 radical (unpaired) electrons. The van der Waals surface area contributed by atoms with E-state index in [0.717, 1.165) is 0 Å². The minimum atomic E-state index is -3.68. The minimum absolute atomic E-state index is 0.0745. The molecule has 0 bridgehead atoms. The Morgan fingerprint density at radius 3 is 2.42 bits per heavy atom. The predicted molar refractivity (Wildman–Crippen MR) is 70.4 cm³/mol. The first-order valence-electron chi connectivity index (χ1n) is 6.08. The van der Waals surface area contributed by atoms with Crippen molar-refractivity contribution in [2.24, 2.45) is 0 Å². The minimum Gasteiger partial charge on any atom is -0.465 e. The van der Waals surface area contributed by atoms with Crippen LogP contribution in [0.2, 0.25) is 0 Å². The average Bonchev–Trinajstić information content (AvgIpc) is 2.64. The largest absolute Gasteiger partial charge is 0.465 e. The number of aryl methyl sites for hydroxylation is 2. The maximum absolute atomic E-state index is 12.6. The SMILES string of the molecule is CCN(CCOC)S(=O)(=O)c1c(C)oc(C)c1CO. The van der Waals surface area contributed by atoms with E-state index in [1.807, 2.05) is 0 Å². The van der Waals surface area contributed by atoms with E-state index in [0.29, 0.717) is 30.2 Å². The number of hydrogen-bond donors (Lipinski definition) is 1. The summed E-state index contributed by atoms with van der Waals surface area (Å²) in [5.41, 5.74) is 0.327. The number of furan rings is 1. The van der Waals surface area contributed by atoms with Gasteiger partial charge >= 0.3 is 0 Å². The zero-order valence-corrected chi connectivity index (χ0v) is 12.6. The molecule has 0 saturated heterocycles. The lowest BCUT2D eigenvalue weighted by Gasteiger charge is -2.20. The highest BCUT2D eigenvalue weighted by Crippen LogP contribution is 2.29. The Hall–Kier alpha value is -0.890. The number of rotatable bonds is 7. The fourth-order valence-corrected chi connectivity index (χ4v) is 3.84. The molecule has 0 spiro atoms. The van der Waals surface area contributed by atoms with Crippen molar-refractivity contribution in [3.05, 3.63) is 17.1 Å². The zero-order chi connectivity index (χ0) is 14.6. The Balaban J connectivity index is 3.25. The summed E-state index contributed by atoms with van der Waals surface area (Å²) in [5.74, 6) is 0.735. The number of likely N-dealkylation sites (N-methyl/N-ethyl adjacent to an activating group) is 1. The molecule has 0 atom stereocenters. The summed E-state index contributed by atoms with van der Waals surface area (Å²) in [7, 11) is -2.16. The van der Waals surface area contributed by atoms with E-state index in [-0.39, 0.29) is 18.0 Å². The summed E-state index contributed by atoms with van der Waals surface area (Å²) < 4.78 is 36.7. The fraction of sp³-hybridized carbons (Fsp3) is 0.667.